The summed E-state index contributed by atoms with van der Waals surface area (Å²) in [5, 5.41) is 2.95. The van der Waals surface area contributed by atoms with Crippen molar-refractivity contribution in [3.63, 3.8) is 0 Å². The summed E-state index contributed by atoms with van der Waals surface area (Å²) in [6, 6.07) is 12.0. The number of rotatable bonds is 7. The highest BCUT2D eigenvalue weighted by molar-refractivity contribution is 5.81. The number of hydrogen-bond acceptors (Lipinski definition) is 5. The Kier molecular flexibility index (Phi) is 6.22. The summed E-state index contributed by atoms with van der Waals surface area (Å²) in [7, 11) is 2.05. The third-order valence-electron chi connectivity index (χ3n) is 4.13. The van der Waals surface area contributed by atoms with Crippen LogP contribution in [0.2, 0.25) is 0 Å². The first-order valence-corrected chi connectivity index (χ1v) is 8.47. The molecule has 1 aliphatic heterocycles. The van der Waals surface area contributed by atoms with Crippen molar-refractivity contribution in [2.75, 3.05) is 26.9 Å². The van der Waals surface area contributed by atoms with E-state index in [0.29, 0.717) is 26.4 Å². The fourth-order valence-corrected chi connectivity index (χ4v) is 2.83. The molecule has 0 saturated carbocycles. The number of nitrogens with zero attached hydrogens (tertiary/aromatic N) is 1. The van der Waals surface area contributed by atoms with Gasteiger partial charge in [0.25, 0.3) is 5.91 Å². The summed E-state index contributed by atoms with van der Waals surface area (Å²) in [6.07, 6.45) is 1.17. The van der Waals surface area contributed by atoms with E-state index in [0.717, 1.165) is 24.4 Å². The van der Waals surface area contributed by atoms with Crippen molar-refractivity contribution in [3.8, 4) is 0 Å². The molecule has 3 rings (SSSR count). The van der Waals surface area contributed by atoms with Crippen LogP contribution in [0, 0.1) is 0 Å². The summed E-state index contributed by atoms with van der Waals surface area (Å²) in [4.78, 5) is 14.4. The fourth-order valence-electron chi connectivity index (χ4n) is 2.83. The van der Waals surface area contributed by atoms with E-state index in [1.165, 1.54) is 5.56 Å². The number of hydrogen-bond donors (Lipinski definition) is 1. The highest BCUT2D eigenvalue weighted by atomic mass is 16.6. The average molecular weight is 344 g/mol. The molecule has 25 heavy (non-hydrogen) atoms. The molecule has 0 spiro atoms. The van der Waals surface area contributed by atoms with Gasteiger partial charge in [0.15, 0.2) is 6.10 Å². The lowest BCUT2D eigenvalue weighted by Gasteiger charge is -2.22. The van der Waals surface area contributed by atoms with Gasteiger partial charge in [0.2, 0.25) is 0 Å². The molecule has 1 amide bonds. The standard InChI is InChI=1S/C19H24N2O4/c1-21(13-17-7-4-8-24-17)12-16-6-3-2-5-15(16)11-20-19(22)18-14-23-9-10-25-18/h2-8,18H,9-14H2,1H3,(H,20,22). The Hall–Kier alpha value is -2.15. The molecule has 1 aromatic carbocycles. The molecule has 1 atom stereocenters. The molecule has 1 fully saturated rings. The maximum absolute atomic E-state index is 12.2. The molecule has 0 bridgehead atoms. The Morgan fingerprint density at radius 1 is 1.16 bits per heavy atom. The zero-order valence-corrected chi connectivity index (χ0v) is 14.4. The summed E-state index contributed by atoms with van der Waals surface area (Å²) in [5.74, 6) is 0.807. The fraction of sp³-hybridized carbons (Fsp3) is 0.421. The zero-order chi connectivity index (χ0) is 17.5. The van der Waals surface area contributed by atoms with Gasteiger partial charge in [-0.1, -0.05) is 24.3 Å². The van der Waals surface area contributed by atoms with Crippen molar-refractivity contribution in [1.82, 2.24) is 10.2 Å². The first kappa shape index (κ1) is 17.7. The molecule has 0 radical (unpaired) electrons. The lowest BCUT2D eigenvalue weighted by molar-refractivity contribution is -0.147. The van der Waals surface area contributed by atoms with Gasteiger partial charge in [0.1, 0.15) is 5.76 Å². The van der Waals surface area contributed by atoms with Crippen LogP contribution in [0.4, 0.5) is 0 Å². The van der Waals surface area contributed by atoms with E-state index in [9.17, 15) is 4.79 Å². The molecule has 2 heterocycles. The van der Waals surface area contributed by atoms with Gasteiger partial charge in [-0.25, -0.2) is 0 Å². The molecule has 1 saturated heterocycles. The van der Waals surface area contributed by atoms with E-state index in [1.54, 1.807) is 6.26 Å². The van der Waals surface area contributed by atoms with Crippen molar-refractivity contribution < 1.29 is 18.7 Å². The van der Waals surface area contributed by atoms with Gasteiger partial charge < -0.3 is 19.2 Å². The maximum Gasteiger partial charge on any atom is 0.251 e. The minimum Gasteiger partial charge on any atom is -0.468 e. The number of nitrogens with one attached hydrogen (secondary N) is 1. The lowest BCUT2D eigenvalue weighted by atomic mass is 10.1. The van der Waals surface area contributed by atoms with E-state index < -0.39 is 6.10 Å². The molecule has 1 aromatic heterocycles. The molecule has 0 aliphatic carbocycles. The zero-order valence-electron chi connectivity index (χ0n) is 14.4. The van der Waals surface area contributed by atoms with Crippen LogP contribution in [0.3, 0.4) is 0 Å². The second-order valence-electron chi connectivity index (χ2n) is 6.17. The SMILES string of the molecule is CN(Cc1ccco1)Cc1ccccc1CNC(=O)C1COCCO1. The molecule has 6 nitrogen and oxygen atoms in total. The largest absolute Gasteiger partial charge is 0.468 e. The summed E-state index contributed by atoms with van der Waals surface area (Å²) in [5.41, 5.74) is 2.27. The number of carbonyl (C=O) groups excluding carboxylic acids is 1. The van der Waals surface area contributed by atoms with Crippen LogP contribution in [0.5, 0.6) is 0 Å². The number of carbonyl (C=O) groups is 1. The number of ether oxygens (including phenoxy) is 2. The van der Waals surface area contributed by atoms with Gasteiger partial charge in [-0.2, -0.15) is 0 Å². The Morgan fingerprint density at radius 3 is 2.72 bits per heavy atom. The normalized spacial score (nSPS) is 17.6. The molecule has 1 aliphatic rings. The predicted molar refractivity (Wildman–Crippen MR) is 92.7 cm³/mol. The van der Waals surface area contributed by atoms with Crippen LogP contribution in [0.1, 0.15) is 16.9 Å². The van der Waals surface area contributed by atoms with Gasteiger partial charge in [-0.05, 0) is 30.3 Å². The van der Waals surface area contributed by atoms with E-state index in [-0.39, 0.29) is 5.91 Å². The topological polar surface area (TPSA) is 63.9 Å². The van der Waals surface area contributed by atoms with Gasteiger partial charge in [-0.15, -0.1) is 0 Å². The summed E-state index contributed by atoms with van der Waals surface area (Å²) < 4.78 is 16.1. The second kappa shape index (κ2) is 8.80. The monoisotopic (exact) mass is 344 g/mol. The van der Waals surface area contributed by atoms with Crippen molar-refractivity contribution in [3.05, 3.63) is 59.5 Å². The van der Waals surface area contributed by atoms with Crippen LogP contribution in [0.15, 0.2) is 47.1 Å². The number of furan rings is 1. The van der Waals surface area contributed by atoms with Gasteiger partial charge in [0, 0.05) is 13.1 Å². The highest BCUT2D eigenvalue weighted by Crippen LogP contribution is 2.13. The average Bonchev–Trinajstić information content (AvgIpc) is 3.14. The Labute approximate surface area is 147 Å². The Balaban J connectivity index is 1.55. The van der Waals surface area contributed by atoms with E-state index >= 15 is 0 Å². The predicted octanol–water partition coefficient (Wildman–Crippen LogP) is 1.94. The first-order valence-electron chi connectivity index (χ1n) is 8.47. The van der Waals surface area contributed by atoms with Crippen molar-refractivity contribution in [2.24, 2.45) is 0 Å². The van der Waals surface area contributed by atoms with Crippen LogP contribution in [-0.2, 0) is 33.9 Å². The van der Waals surface area contributed by atoms with Gasteiger partial charge in [-0.3, -0.25) is 9.69 Å². The third kappa shape index (κ3) is 5.16. The summed E-state index contributed by atoms with van der Waals surface area (Å²) >= 11 is 0. The Bertz CT molecular complexity index is 666. The minimum absolute atomic E-state index is 0.126. The van der Waals surface area contributed by atoms with Crippen LogP contribution >= 0.6 is 0 Å². The molecule has 1 unspecified atom stereocenters. The summed E-state index contributed by atoms with van der Waals surface area (Å²) in [6.45, 7) is 3.32. The van der Waals surface area contributed by atoms with Gasteiger partial charge in [0.05, 0.1) is 32.6 Å². The molecule has 1 N–H and O–H groups in total. The van der Waals surface area contributed by atoms with E-state index in [1.807, 2.05) is 37.4 Å². The van der Waals surface area contributed by atoms with Crippen LogP contribution in [0.25, 0.3) is 0 Å². The molecule has 134 valence electrons. The van der Waals surface area contributed by atoms with E-state index in [4.69, 9.17) is 13.9 Å². The first-order chi connectivity index (χ1) is 12.2. The number of benzene rings is 1. The highest BCUT2D eigenvalue weighted by Gasteiger charge is 2.22. The number of amides is 1. The van der Waals surface area contributed by atoms with E-state index in [2.05, 4.69) is 16.3 Å². The second-order valence-corrected chi connectivity index (χ2v) is 6.17. The maximum atomic E-state index is 12.2. The van der Waals surface area contributed by atoms with Crippen molar-refractivity contribution in [1.29, 1.82) is 0 Å². The molecular weight excluding hydrogens is 320 g/mol. The smallest absolute Gasteiger partial charge is 0.251 e. The third-order valence-corrected chi connectivity index (χ3v) is 4.13. The Morgan fingerprint density at radius 2 is 2.00 bits per heavy atom. The quantitative estimate of drug-likeness (QED) is 0.832. The molecule has 6 heteroatoms. The minimum atomic E-state index is -0.512. The van der Waals surface area contributed by atoms with Crippen LogP contribution in [-0.4, -0.2) is 43.8 Å². The van der Waals surface area contributed by atoms with Crippen molar-refractivity contribution >= 4 is 5.91 Å². The van der Waals surface area contributed by atoms with Crippen LogP contribution < -0.4 is 5.32 Å². The van der Waals surface area contributed by atoms with Crippen molar-refractivity contribution in [2.45, 2.75) is 25.7 Å². The lowest BCUT2D eigenvalue weighted by Crippen LogP contribution is -2.42. The van der Waals surface area contributed by atoms with Gasteiger partial charge >= 0.3 is 0 Å². The molecular formula is C19H24N2O4. The molecule has 2 aromatic rings.